The largest absolute Gasteiger partial charge is 0.418 e. The summed E-state index contributed by atoms with van der Waals surface area (Å²) >= 11 is 5.62. The molecule has 0 aliphatic heterocycles. The zero-order valence-electron chi connectivity index (χ0n) is 13.7. The molecular weight excluding hydrogens is 357 g/mol. The lowest BCUT2D eigenvalue weighted by Gasteiger charge is -2.15. The normalized spacial score (nSPS) is 11.5. The van der Waals surface area contributed by atoms with Crippen molar-refractivity contribution in [2.24, 2.45) is 0 Å². The molecule has 1 amide bonds. The molecule has 0 fully saturated rings. The van der Waals surface area contributed by atoms with Crippen LogP contribution in [0, 0.1) is 6.92 Å². The number of benzene rings is 1. The maximum atomic E-state index is 13.1. The van der Waals surface area contributed by atoms with Crippen LogP contribution >= 0.6 is 11.6 Å². The average molecular weight is 373 g/mol. The number of aryl methyl sites for hydroxylation is 1. The highest BCUT2D eigenvalue weighted by Gasteiger charge is 2.34. The van der Waals surface area contributed by atoms with Crippen LogP contribution in [0.5, 0.6) is 0 Å². The van der Waals surface area contributed by atoms with Gasteiger partial charge in [-0.1, -0.05) is 11.6 Å². The SMILES string of the molecule is Cc1cc(C(=O)Nc2ccc(Cl)cc2C(F)(F)F)nc(NC(C)C)n1. The number of rotatable bonds is 4. The minimum Gasteiger partial charge on any atom is -0.352 e. The van der Waals surface area contributed by atoms with E-state index in [4.69, 9.17) is 11.6 Å². The molecule has 1 aromatic carbocycles. The standard InChI is InChI=1S/C16H16ClF3N4O/c1-8(2)21-15-22-9(3)6-13(24-15)14(25)23-12-5-4-10(17)7-11(12)16(18,19)20/h4-8H,1-3H3,(H,23,25)(H,21,22,24). The van der Waals surface area contributed by atoms with Gasteiger partial charge >= 0.3 is 6.18 Å². The van der Waals surface area contributed by atoms with E-state index in [1.54, 1.807) is 6.92 Å². The van der Waals surface area contributed by atoms with Crippen molar-refractivity contribution in [1.82, 2.24) is 9.97 Å². The first-order valence-corrected chi connectivity index (χ1v) is 7.74. The summed E-state index contributed by atoms with van der Waals surface area (Å²) < 4.78 is 39.3. The molecule has 5 nitrogen and oxygen atoms in total. The Morgan fingerprint density at radius 1 is 1.20 bits per heavy atom. The summed E-state index contributed by atoms with van der Waals surface area (Å²) in [5, 5.41) is 5.10. The zero-order valence-corrected chi connectivity index (χ0v) is 14.5. The lowest BCUT2D eigenvalue weighted by atomic mass is 10.1. The number of nitrogens with one attached hydrogen (secondary N) is 2. The minimum atomic E-state index is -4.65. The number of aromatic nitrogens is 2. The Balaban J connectivity index is 2.33. The number of carbonyl (C=O) groups is 1. The summed E-state index contributed by atoms with van der Waals surface area (Å²) in [4.78, 5) is 20.5. The highest BCUT2D eigenvalue weighted by molar-refractivity contribution is 6.30. The fourth-order valence-corrected chi connectivity index (χ4v) is 2.23. The van der Waals surface area contributed by atoms with Crippen LogP contribution in [0.1, 0.15) is 35.6 Å². The second kappa shape index (κ2) is 7.26. The van der Waals surface area contributed by atoms with Crippen molar-refractivity contribution in [3.8, 4) is 0 Å². The van der Waals surface area contributed by atoms with Gasteiger partial charge in [-0.2, -0.15) is 13.2 Å². The van der Waals surface area contributed by atoms with Gasteiger partial charge in [-0.05, 0) is 45.0 Å². The molecule has 0 saturated carbocycles. The molecule has 2 aromatic rings. The van der Waals surface area contributed by atoms with E-state index in [0.29, 0.717) is 5.69 Å². The van der Waals surface area contributed by atoms with E-state index >= 15 is 0 Å². The number of alkyl halides is 3. The number of hydrogen-bond acceptors (Lipinski definition) is 4. The van der Waals surface area contributed by atoms with Crippen LogP contribution in [-0.4, -0.2) is 21.9 Å². The van der Waals surface area contributed by atoms with Crippen molar-refractivity contribution in [1.29, 1.82) is 0 Å². The third-order valence-electron chi connectivity index (χ3n) is 3.04. The first-order chi connectivity index (χ1) is 11.6. The lowest BCUT2D eigenvalue weighted by molar-refractivity contribution is -0.136. The summed E-state index contributed by atoms with van der Waals surface area (Å²) in [6.45, 7) is 5.40. The van der Waals surface area contributed by atoms with Gasteiger partial charge in [0, 0.05) is 16.8 Å². The Morgan fingerprint density at radius 3 is 2.48 bits per heavy atom. The molecule has 1 heterocycles. The van der Waals surface area contributed by atoms with Gasteiger partial charge in [0.05, 0.1) is 11.3 Å². The summed E-state index contributed by atoms with van der Waals surface area (Å²) in [7, 11) is 0. The third kappa shape index (κ3) is 5.06. The molecule has 0 radical (unpaired) electrons. The molecule has 134 valence electrons. The van der Waals surface area contributed by atoms with E-state index in [9.17, 15) is 18.0 Å². The van der Waals surface area contributed by atoms with Crippen molar-refractivity contribution in [3.05, 3.63) is 46.2 Å². The van der Waals surface area contributed by atoms with Gasteiger partial charge in [0.2, 0.25) is 5.95 Å². The maximum Gasteiger partial charge on any atom is 0.418 e. The van der Waals surface area contributed by atoms with Crippen LogP contribution in [0.3, 0.4) is 0 Å². The number of amides is 1. The molecule has 2 rings (SSSR count). The second-order valence-corrected chi connectivity index (χ2v) is 6.10. The van der Waals surface area contributed by atoms with Crippen LogP contribution in [0.15, 0.2) is 24.3 Å². The predicted octanol–water partition coefficient (Wildman–Crippen LogP) is 4.53. The molecule has 25 heavy (non-hydrogen) atoms. The van der Waals surface area contributed by atoms with Gasteiger partial charge in [-0.3, -0.25) is 4.79 Å². The highest BCUT2D eigenvalue weighted by Crippen LogP contribution is 2.36. The molecule has 0 aliphatic carbocycles. The highest BCUT2D eigenvalue weighted by atomic mass is 35.5. The third-order valence-corrected chi connectivity index (χ3v) is 3.27. The molecule has 0 unspecified atom stereocenters. The van der Waals surface area contributed by atoms with E-state index in [-0.39, 0.29) is 22.7 Å². The summed E-state index contributed by atoms with van der Waals surface area (Å²) in [6, 6.07) is 4.55. The van der Waals surface area contributed by atoms with Gasteiger partial charge < -0.3 is 10.6 Å². The van der Waals surface area contributed by atoms with Crippen molar-refractivity contribution in [2.45, 2.75) is 33.0 Å². The molecule has 0 atom stereocenters. The Morgan fingerprint density at radius 2 is 1.88 bits per heavy atom. The molecule has 9 heteroatoms. The molecule has 1 aromatic heterocycles. The zero-order chi connectivity index (χ0) is 18.8. The maximum absolute atomic E-state index is 13.1. The van der Waals surface area contributed by atoms with E-state index in [1.165, 1.54) is 12.1 Å². The number of halogens is 4. The van der Waals surface area contributed by atoms with Crippen molar-refractivity contribution < 1.29 is 18.0 Å². The van der Waals surface area contributed by atoms with Gasteiger partial charge in [0.1, 0.15) is 5.69 Å². The minimum absolute atomic E-state index is 0.0332. The summed E-state index contributed by atoms with van der Waals surface area (Å²) in [5.41, 5.74) is -0.953. The van der Waals surface area contributed by atoms with Gasteiger partial charge in [0.25, 0.3) is 5.91 Å². The van der Waals surface area contributed by atoms with Crippen LogP contribution in [0.2, 0.25) is 5.02 Å². The molecule has 0 bridgehead atoms. The smallest absolute Gasteiger partial charge is 0.352 e. The first kappa shape index (κ1) is 19.0. The Labute approximate surface area is 147 Å². The molecule has 0 spiro atoms. The van der Waals surface area contributed by atoms with Crippen molar-refractivity contribution >= 4 is 29.1 Å². The van der Waals surface area contributed by atoms with Crippen LogP contribution in [-0.2, 0) is 6.18 Å². The molecular formula is C16H16ClF3N4O. The Bertz CT molecular complexity index is 793. The summed E-state index contributed by atoms with van der Waals surface area (Å²) in [5.74, 6) is -0.544. The molecule has 0 aliphatic rings. The Kier molecular flexibility index (Phi) is 5.52. The second-order valence-electron chi connectivity index (χ2n) is 5.66. The molecule has 2 N–H and O–H groups in total. The van der Waals surface area contributed by atoms with Gasteiger partial charge in [-0.15, -0.1) is 0 Å². The average Bonchev–Trinajstić information content (AvgIpc) is 2.46. The van der Waals surface area contributed by atoms with Crippen molar-refractivity contribution in [2.75, 3.05) is 10.6 Å². The van der Waals surface area contributed by atoms with E-state index in [2.05, 4.69) is 20.6 Å². The first-order valence-electron chi connectivity index (χ1n) is 7.36. The summed E-state index contributed by atoms with van der Waals surface area (Å²) in [6.07, 6.45) is -4.65. The number of carbonyl (C=O) groups excluding carboxylic acids is 1. The Hall–Kier alpha value is -2.35. The molecule has 0 saturated heterocycles. The number of anilines is 2. The van der Waals surface area contributed by atoms with Crippen LogP contribution in [0.4, 0.5) is 24.8 Å². The number of nitrogens with zero attached hydrogens (tertiary/aromatic N) is 2. The fraction of sp³-hybridized carbons (Fsp3) is 0.312. The fourth-order valence-electron chi connectivity index (χ4n) is 2.05. The van der Waals surface area contributed by atoms with Gasteiger partial charge in [0.15, 0.2) is 0 Å². The monoisotopic (exact) mass is 372 g/mol. The topological polar surface area (TPSA) is 66.9 Å². The quantitative estimate of drug-likeness (QED) is 0.827. The van der Waals surface area contributed by atoms with Crippen molar-refractivity contribution in [3.63, 3.8) is 0 Å². The lowest BCUT2D eigenvalue weighted by Crippen LogP contribution is -2.20. The predicted molar refractivity (Wildman–Crippen MR) is 89.9 cm³/mol. The number of hydrogen-bond donors (Lipinski definition) is 2. The van der Waals surface area contributed by atoms with E-state index < -0.39 is 23.3 Å². The van der Waals surface area contributed by atoms with Crippen LogP contribution < -0.4 is 10.6 Å². The van der Waals surface area contributed by atoms with Crippen LogP contribution in [0.25, 0.3) is 0 Å². The van der Waals surface area contributed by atoms with Gasteiger partial charge in [-0.25, -0.2) is 9.97 Å². The van der Waals surface area contributed by atoms with E-state index in [0.717, 1.165) is 12.1 Å². The van der Waals surface area contributed by atoms with E-state index in [1.807, 2.05) is 13.8 Å².